The van der Waals surface area contributed by atoms with Gasteiger partial charge in [-0.15, -0.1) is 12.4 Å². The van der Waals surface area contributed by atoms with E-state index in [0.29, 0.717) is 18.4 Å². The quantitative estimate of drug-likeness (QED) is 0.784. The number of para-hydroxylation sites is 1. The molecule has 0 bridgehead atoms. The molecule has 108 valence electrons. The van der Waals surface area contributed by atoms with Crippen molar-refractivity contribution in [3.63, 3.8) is 0 Å². The molecular weight excluding hydrogens is 266 g/mol. The number of hydrogen-bond donors (Lipinski definition) is 1. The monoisotopic (exact) mass is 287 g/mol. The van der Waals surface area contributed by atoms with Crippen LogP contribution in [-0.2, 0) is 0 Å². The summed E-state index contributed by atoms with van der Waals surface area (Å²) in [6, 6.07) is 7.23. The van der Waals surface area contributed by atoms with Gasteiger partial charge in [-0.05, 0) is 39.4 Å². The fraction of sp³-hybridized carbons (Fsp3) is 0.500. The molecule has 0 saturated carbocycles. The lowest BCUT2D eigenvalue weighted by atomic mass is 10.2. The predicted octanol–water partition coefficient (Wildman–Crippen LogP) is 2.92. The molecule has 0 aliphatic heterocycles. The van der Waals surface area contributed by atoms with Gasteiger partial charge < -0.3 is 14.7 Å². The molecule has 4 nitrogen and oxygen atoms in total. The fourth-order valence-corrected chi connectivity index (χ4v) is 1.52. The Morgan fingerprint density at radius 1 is 1.37 bits per heavy atom. The molecule has 0 aliphatic carbocycles. The zero-order valence-corrected chi connectivity index (χ0v) is 12.4. The highest BCUT2D eigenvalue weighted by Gasteiger charge is 2.10. The lowest BCUT2D eigenvalue weighted by Crippen LogP contribution is -2.28. The maximum atomic E-state index is 11.0. The van der Waals surface area contributed by atoms with E-state index in [0.717, 1.165) is 13.0 Å². The highest BCUT2D eigenvalue weighted by molar-refractivity contribution is 5.90. The Hall–Kier alpha value is -1.26. The number of carboxylic acids is 1. The number of aromatic carboxylic acids is 1. The number of carboxylic acid groups (broad SMARTS) is 1. The molecule has 0 amide bonds. The van der Waals surface area contributed by atoms with Crippen molar-refractivity contribution in [3.05, 3.63) is 29.8 Å². The maximum Gasteiger partial charge on any atom is 0.339 e. The van der Waals surface area contributed by atoms with Gasteiger partial charge in [-0.2, -0.15) is 0 Å². The zero-order chi connectivity index (χ0) is 13.5. The Morgan fingerprint density at radius 3 is 2.58 bits per heavy atom. The van der Waals surface area contributed by atoms with Crippen molar-refractivity contribution in [1.29, 1.82) is 0 Å². The normalized spacial score (nSPS) is 10.4. The van der Waals surface area contributed by atoms with Crippen LogP contribution in [0, 0.1) is 0 Å². The molecule has 1 aromatic carbocycles. The van der Waals surface area contributed by atoms with Gasteiger partial charge in [0.05, 0.1) is 6.61 Å². The predicted molar refractivity (Wildman–Crippen MR) is 78.5 cm³/mol. The summed E-state index contributed by atoms with van der Waals surface area (Å²) >= 11 is 0. The third-order valence-corrected chi connectivity index (χ3v) is 2.91. The third-order valence-electron chi connectivity index (χ3n) is 2.91. The second kappa shape index (κ2) is 8.77. The molecule has 5 heteroatoms. The number of rotatable bonds is 7. The Bertz CT molecular complexity index is 396. The molecule has 1 aromatic rings. The minimum absolute atomic E-state index is 0. The van der Waals surface area contributed by atoms with Gasteiger partial charge in [0.2, 0.25) is 0 Å². The van der Waals surface area contributed by atoms with E-state index in [1.54, 1.807) is 24.3 Å². The van der Waals surface area contributed by atoms with Crippen LogP contribution in [0.15, 0.2) is 24.3 Å². The molecule has 0 radical (unpaired) electrons. The van der Waals surface area contributed by atoms with Gasteiger partial charge in [-0.25, -0.2) is 4.79 Å². The third kappa shape index (κ3) is 5.94. The molecule has 0 saturated heterocycles. The topological polar surface area (TPSA) is 49.8 Å². The van der Waals surface area contributed by atoms with E-state index in [9.17, 15) is 4.79 Å². The number of hydrogen-bond acceptors (Lipinski definition) is 3. The van der Waals surface area contributed by atoms with Crippen molar-refractivity contribution in [2.24, 2.45) is 0 Å². The van der Waals surface area contributed by atoms with Gasteiger partial charge in [0.1, 0.15) is 11.3 Å². The van der Waals surface area contributed by atoms with Crippen LogP contribution < -0.4 is 4.74 Å². The molecule has 0 heterocycles. The average molecular weight is 288 g/mol. The van der Waals surface area contributed by atoms with Crippen LogP contribution in [0.3, 0.4) is 0 Å². The van der Waals surface area contributed by atoms with Crippen molar-refractivity contribution < 1.29 is 14.6 Å². The lowest BCUT2D eigenvalue weighted by Gasteiger charge is -2.20. The summed E-state index contributed by atoms with van der Waals surface area (Å²) in [6.45, 7) is 5.75. The maximum absolute atomic E-state index is 11.0. The molecule has 0 spiro atoms. The van der Waals surface area contributed by atoms with Crippen LogP contribution in [0.1, 0.15) is 30.6 Å². The summed E-state index contributed by atoms with van der Waals surface area (Å²) in [5.41, 5.74) is 0.217. The van der Waals surface area contributed by atoms with Gasteiger partial charge >= 0.3 is 5.97 Å². The van der Waals surface area contributed by atoms with Crippen molar-refractivity contribution in [1.82, 2.24) is 4.90 Å². The van der Waals surface area contributed by atoms with E-state index in [4.69, 9.17) is 9.84 Å². The second-order valence-electron chi connectivity index (χ2n) is 4.58. The Morgan fingerprint density at radius 2 is 2.00 bits per heavy atom. The first-order valence-corrected chi connectivity index (χ1v) is 6.17. The summed E-state index contributed by atoms with van der Waals surface area (Å²) in [5.74, 6) is -0.512. The van der Waals surface area contributed by atoms with Crippen LogP contribution in [0.25, 0.3) is 0 Å². The first-order chi connectivity index (χ1) is 8.52. The summed E-state index contributed by atoms with van der Waals surface area (Å²) in [6.07, 6.45) is 0.878. The first kappa shape index (κ1) is 17.7. The molecule has 0 aliphatic rings. The summed E-state index contributed by atoms with van der Waals surface area (Å²) in [7, 11) is 2.07. The molecule has 19 heavy (non-hydrogen) atoms. The second-order valence-corrected chi connectivity index (χ2v) is 4.58. The van der Waals surface area contributed by atoms with Crippen molar-refractivity contribution >= 4 is 18.4 Å². The number of halogens is 1. The van der Waals surface area contributed by atoms with Gasteiger partial charge in [0, 0.05) is 12.6 Å². The number of ether oxygens (including phenoxy) is 1. The molecule has 1 rings (SSSR count). The zero-order valence-electron chi connectivity index (χ0n) is 11.6. The molecule has 0 aromatic heterocycles. The van der Waals surface area contributed by atoms with Crippen molar-refractivity contribution in [3.8, 4) is 5.75 Å². The minimum Gasteiger partial charge on any atom is -0.493 e. The highest BCUT2D eigenvalue weighted by atomic mass is 35.5. The van der Waals surface area contributed by atoms with E-state index < -0.39 is 5.97 Å². The summed E-state index contributed by atoms with van der Waals surface area (Å²) < 4.78 is 5.52. The van der Waals surface area contributed by atoms with Crippen LogP contribution in [-0.4, -0.2) is 42.2 Å². The van der Waals surface area contributed by atoms with E-state index in [1.807, 2.05) is 0 Å². The van der Waals surface area contributed by atoms with Gasteiger partial charge in [0.15, 0.2) is 0 Å². The van der Waals surface area contributed by atoms with Crippen LogP contribution in [0.5, 0.6) is 5.75 Å². The van der Waals surface area contributed by atoms with Crippen LogP contribution in [0.2, 0.25) is 0 Å². The van der Waals surface area contributed by atoms with E-state index in [-0.39, 0.29) is 18.0 Å². The standard InChI is InChI=1S/C14H21NO3.ClH/c1-11(2)15(3)9-6-10-18-13-8-5-4-7-12(13)14(16)17;/h4-5,7-8,11H,6,9-10H2,1-3H3,(H,16,17);1H. The smallest absolute Gasteiger partial charge is 0.339 e. The molecule has 0 unspecified atom stereocenters. The Balaban J connectivity index is 0.00000324. The van der Waals surface area contributed by atoms with E-state index in [1.165, 1.54) is 0 Å². The van der Waals surface area contributed by atoms with Crippen molar-refractivity contribution in [2.75, 3.05) is 20.2 Å². The minimum atomic E-state index is -0.954. The number of nitrogens with zero attached hydrogens (tertiary/aromatic N) is 1. The van der Waals surface area contributed by atoms with Gasteiger partial charge in [0.25, 0.3) is 0 Å². The first-order valence-electron chi connectivity index (χ1n) is 6.17. The average Bonchev–Trinajstić information content (AvgIpc) is 2.34. The molecule has 0 atom stereocenters. The van der Waals surface area contributed by atoms with Crippen LogP contribution >= 0.6 is 12.4 Å². The van der Waals surface area contributed by atoms with Crippen LogP contribution in [0.4, 0.5) is 0 Å². The van der Waals surface area contributed by atoms with E-state index >= 15 is 0 Å². The largest absolute Gasteiger partial charge is 0.493 e. The van der Waals surface area contributed by atoms with Gasteiger partial charge in [-0.1, -0.05) is 12.1 Å². The Labute approximate surface area is 120 Å². The van der Waals surface area contributed by atoms with Crippen molar-refractivity contribution in [2.45, 2.75) is 26.3 Å². The highest BCUT2D eigenvalue weighted by Crippen LogP contribution is 2.17. The molecule has 0 fully saturated rings. The van der Waals surface area contributed by atoms with E-state index in [2.05, 4.69) is 25.8 Å². The lowest BCUT2D eigenvalue weighted by molar-refractivity contribution is 0.0692. The Kier molecular flexibility index (Phi) is 8.19. The fourth-order valence-electron chi connectivity index (χ4n) is 1.52. The number of benzene rings is 1. The SMILES string of the molecule is CC(C)N(C)CCCOc1ccccc1C(=O)O.Cl. The summed E-state index contributed by atoms with van der Waals surface area (Å²) in [5, 5.41) is 8.99. The number of carbonyl (C=O) groups is 1. The molecule has 1 N–H and O–H groups in total. The molecular formula is C14H22ClNO3. The summed E-state index contributed by atoms with van der Waals surface area (Å²) in [4.78, 5) is 13.2. The van der Waals surface area contributed by atoms with Gasteiger partial charge in [-0.3, -0.25) is 0 Å².